The van der Waals surface area contributed by atoms with Crippen LogP contribution in [0.25, 0.3) is 10.2 Å². The number of carbonyl (C=O) groups excluding carboxylic acids is 1. The molecule has 0 atom stereocenters. The summed E-state index contributed by atoms with van der Waals surface area (Å²) in [5.41, 5.74) is 0.217. The molecule has 3 aromatic rings. The van der Waals surface area contributed by atoms with Crippen LogP contribution in [-0.2, 0) is 11.3 Å². The smallest absolute Gasteiger partial charge is 0.262 e. The molecule has 0 aliphatic heterocycles. The van der Waals surface area contributed by atoms with Gasteiger partial charge in [-0.15, -0.1) is 11.3 Å². The first-order valence-electron chi connectivity index (χ1n) is 6.11. The summed E-state index contributed by atoms with van der Waals surface area (Å²) in [6, 6.07) is 7.10. The standard InChI is InChI=1S/C14H10FN3O2S/c15-9-1-3-10(4-2-9)17-12(19)7-18-8-16-13-11(14(18)20)5-6-21-13/h1-6,8H,7H2,(H,17,19). The number of halogens is 1. The lowest BCUT2D eigenvalue weighted by molar-refractivity contribution is -0.116. The number of amides is 1. The number of carbonyl (C=O) groups is 1. The summed E-state index contributed by atoms with van der Waals surface area (Å²) in [5, 5.41) is 4.87. The molecule has 0 saturated heterocycles. The van der Waals surface area contributed by atoms with E-state index in [1.807, 2.05) is 0 Å². The van der Waals surface area contributed by atoms with Crippen molar-refractivity contribution >= 4 is 33.1 Å². The molecule has 7 heteroatoms. The van der Waals surface area contributed by atoms with Crippen molar-refractivity contribution in [2.24, 2.45) is 0 Å². The van der Waals surface area contributed by atoms with E-state index in [-0.39, 0.29) is 23.8 Å². The van der Waals surface area contributed by atoms with Crippen molar-refractivity contribution in [3.05, 3.63) is 58.2 Å². The van der Waals surface area contributed by atoms with Gasteiger partial charge in [-0.3, -0.25) is 14.2 Å². The van der Waals surface area contributed by atoms with Crippen LogP contribution in [0.3, 0.4) is 0 Å². The number of benzene rings is 1. The molecule has 0 fully saturated rings. The van der Waals surface area contributed by atoms with Crippen LogP contribution in [0.1, 0.15) is 0 Å². The Morgan fingerprint density at radius 3 is 2.81 bits per heavy atom. The molecule has 5 nitrogen and oxygen atoms in total. The number of nitrogens with zero attached hydrogens (tertiary/aromatic N) is 2. The molecular formula is C14H10FN3O2S. The number of anilines is 1. The molecule has 106 valence electrons. The average molecular weight is 303 g/mol. The van der Waals surface area contributed by atoms with Gasteiger partial charge in [0.1, 0.15) is 17.2 Å². The molecule has 2 heterocycles. The predicted octanol–water partition coefficient (Wildman–Crippen LogP) is 2.24. The maximum Gasteiger partial charge on any atom is 0.262 e. The van der Waals surface area contributed by atoms with Crippen LogP contribution in [0, 0.1) is 5.82 Å². The Balaban J connectivity index is 1.78. The van der Waals surface area contributed by atoms with E-state index >= 15 is 0 Å². The van der Waals surface area contributed by atoms with Crippen LogP contribution in [-0.4, -0.2) is 15.5 Å². The van der Waals surface area contributed by atoms with Gasteiger partial charge in [-0.05, 0) is 35.7 Å². The fraction of sp³-hybridized carbons (Fsp3) is 0.0714. The number of nitrogens with one attached hydrogen (secondary N) is 1. The third-order valence-corrected chi connectivity index (χ3v) is 3.71. The molecule has 0 radical (unpaired) electrons. The van der Waals surface area contributed by atoms with E-state index in [1.54, 1.807) is 11.4 Å². The summed E-state index contributed by atoms with van der Waals surface area (Å²) >= 11 is 1.37. The van der Waals surface area contributed by atoms with Gasteiger partial charge in [-0.25, -0.2) is 9.37 Å². The minimum Gasteiger partial charge on any atom is -0.325 e. The predicted molar refractivity (Wildman–Crippen MR) is 78.9 cm³/mol. The highest BCUT2D eigenvalue weighted by atomic mass is 32.1. The van der Waals surface area contributed by atoms with Gasteiger partial charge in [-0.1, -0.05) is 0 Å². The van der Waals surface area contributed by atoms with Crippen LogP contribution in [0.2, 0.25) is 0 Å². The highest BCUT2D eigenvalue weighted by molar-refractivity contribution is 7.16. The molecule has 21 heavy (non-hydrogen) atoms. The Morgan fingerprint density at radius 1 is 1.29 bits per heavy atom. The minimum atomic E-state index is -0.378. The zero-order valence-corrected chi connectivity index (χ0v) is 11.6. The normalized spacial score (nSPS) is 10.7. The topological polar surface area (TPSA) is 64.0 Å². The van der Waals surface area contributed by atoms with Crippen LogP contribution < -0.4 is 10.9 Å². The number of thiophene rings is 1. The maximum absolute atomic E-state index is 12.8. The fourth-order valence-corrected chi connectivity index (χ4v) is 2.62. The van der Waals surface area contributed by atoms with Crippen LogP contribution in [0.15, 0.2) is 46.8 Å². The van der Waals surface area contributed by atoms with Gasteiger partial charge in [0, 0.05) is 5.69 Å². The molecule has 2 aromatic heterocycles. The Kier molecular flexibility index (Phi) is 3.49. The summed E-state index contributed by atoms with van der Waals surface area (Å²) in [4.78, 5) is 28.8. The van der Waals surface area contributed by atoms with E-state index in [0.29, 0.717) is 15.9 Å². The number of hydrogen-bond donors (Lipinski definition) is 1. The molecule has 1 aromatic carbocycles. The van der Waals surface area contributed by atoms with Crippen LogP contribution in [0.5, 0.6) is 0 Å². The third-order valence-electron chi connectivity index (χ3n) is 2.89. The molecule has 0 aliphatic rings. The Bertz CT molecular complexity index is 855. The first-order valence-corrected chi connectivity index (χ1v) is 6.99. The van der Waals surface area contributed by atoms with E-state index in [0.717, 1.165) is 0 Å². The van der Waals surface area contributed by atoms with E-state index in [2.05, 4.69) is 10.3 Å². The zero-order valence-electron chi connectivity index (χ0n) is 10.7. The van der Waals surface area contributed by atoms with Crippen molar-refractivity contribution in [1.82, 2.24) is 9.55 Å². The highest BCUT2D eigenvalue weighted by Gasteiger charge is 2.09. The van der Waals surface area contributed by atoms with Gasteiger partial charge in [0.2, 0.25) is 5.91 Å². The van der Waals surface area contributed by atoms with Crippen molar-refractivity contribution in [1.29, 1.82) is 0 Å². The van der Waals surface area contributed by atoms with Crippen molar-refractivity contribution in [2.45, 2.75) is 6.54 Å². The van der Waals surface area contributed by atoms with E-state index in [9.17, 15) is 14.0 Å². The maximum atomic E-state index is 12.8. The quantitative estimate of drug-likeness (QED) is 0.807. The zero-order chi connectivity index (χ0) is 14.8. The molecule has 0 aliphatic carbocycles. The van der Waals surface area contributed by atoms with Gasteiger partial charge in [0.15, 0.2) is 0 Å². The van der Waals surface area contributed by atoms with Gasteiger partial charge in [0.05, 0.1) is 11.7 Å². The van der Waals surface area contributed by atoms with E-state index in [4.69, 9.17) is 0 Å². The van der Waals surface area contributed by atoms with Crippen molar-refractivity contribution in [3.8, 4) is 0 Å². The van der Waals surface area contributed by atoms with Gasteiger partial charge < -0.3 is 5.32 Å². The second-order valence-electron chi connectivity index (χ2n) is 4.37. The first kappa shape index (κ1) is 13.4. The van der Waals surface area contributed by atoms with Crippen LogP contribution in [0.4, 0.5) is 10.1 Å². The summed E-state index contributed by atoms with van der Waals surface area (Å²) in [5.74, 6) is -0.753. The van der Waals surface area contributed by atoms with E-state index in [1.165, 1.54) is 46.5 Å². The average Bonchev–Trinajstić information content (AvgIpc) is 2.94. The SMILES string of the molecule is O=C(Cn1cnc2sccc2c1=O)Nc1ccc(F)cc1. The van der Waals surface area contributed by atoms with Crippen molar-refractivity contribution in [3.63, 3.8) is 0 Å². The summed E-state index contributed by atoms with van der Waals surface area (Å²) < 4.78 is 14.0. The fourth-order valence-electron chi connectivity index (χ4n) is 1.89. The number of fused-ring (bicyclic) bond motifs is 1. The summed E-state index contributed by atoms with van der Waals surface area (Å²) in [6.07, 6.45) is 1.35. The molecule has 3 rings (SSSR count). The number of aromatic nitrogens is 2. The van der Waals surface area contributed by atoms with Crippen molar-refractivity contribution in [2.75, 3.05) is 5.32 Å². The molecule has 0 bridgehead atoms. The van der Waals surface area contributed by atoms with Gasteiger partial charge >= 0.3 is 0 Å². The molecule has 1 N–H and O–H groups in total. The third kappa shape index (κ3) is 2.82. The largest absolute Gasteiger partial charge is 0.325 e. The highest BCUT2D eigenvalue weighted by Crippen LogP contribution is 2.13. The Morgan fingerprint density at radius 2 is 2.05 bits per heavy atom. The monoisotopic (exact) mass is 303 g/mol. The second-order valence-corrected chi connectivity index (χ2v) is 5.27. The summed E-state index contributed by atoms with van der Waals surface area (Å²) in [7, 11) is 0. The van der Waals surface area contributed by atoms with Crippen LogP contribution >= 0.6 is 11.3 Å². The van der Waals surface area contributed by atoms with Gasteiger partial charge in [0.25, 0.3) is 5.56 Å². The molecule has 0 unspecified atom stereocenters. The Labute approximate surface area is 122 Å². The first-order chi connectivity index (χ1) is 10.1. The van der Waals surface area contributed by atoms with Gasteiger partial charge in [-0.2, -0.15) is 0 Å². The number of hydrogen-bond acceptors (Lipinski definition) is 4. The molecule has 0 saturated carbocycles. The second kappa shape index (κ2) is 5.45. The summed E-state index contributed by atoms with van der Waals surface area (Å²) in [6.45, 7) is -0.144. The molecule has 1 amide bonds. The Hall–Kier alpha value is -2.54. The molecule has 0 spiro atoms. The molecular weight excluding hydrogens is 293 g/mol. The van der Waals surface area contributed by atoms with E-state index < -0.39 is 0 Å². The lowest BCUT2D eigenvalue weighted by Crippen LogP contribution is -2.27. The lowest BCUT2D eigenvalue weighted by atomic mass is 10.3. The van der Waals surface area contributed by atoms with Crippen molar-refractivity contribution < 1.29 is 9.18 Å². The lowest BCUT2D eigenvalue weighted by Gasteiger charge is -2.07. The number of rotatable bonds is 3. The minimum absolute atomic E-state index is 0.144.